The molecule has 9 nitrogen and oxygen atoms in total. The van der Waals surface area contributed by atoms with Crippen molar-refractivity contribution in [3.63, 3.8) is 0 Å². The summed E-state index contributed by atoms with van der Waals surface area (Å²) in [7, 11) is 4.23. The highest BCUT2D eigenvalue weighted by atomic mass is 79.9. The summed E-state index contributed by atoms with van der Waals surface area (Å²) in [6, 6.07) is 2.82. The molecule has 0 spiro atoms. The minimum atomic E-state index is -0.695. The summed E-state index contributed by atoms with van der Waals surface area (Å²) in [5.41, 5.74) is 1.88. The van der Waals surface area contributed by atoms with Crippen molar-refractivity contribution in [1.82, 2.24) is 0 Å². The van der Waals surface area contributed by atoms with Crippen LogP contribution in [-0.4, -0.2) is 52.0 Å². The minimum absolute atomic E-state index is 0.0253. The number of aromatic hydroxyl groups is 1. The molecule has 0 unspecified atom stereocenters. The first kappa shape index (κ1) is 26.4. The van der Waals surface area contributed by atoms with Gasteiger partial charge in [-0.1, -0.05) is 6.92 Å². The Morgan fingerprint density at radius 1 is 0.939 bits per heavy atom. The minimum Gasteiger partial charge on any atom is -0.508 e. The summed E-state index contributed by atoms with van der Waals surface area (Å²) >= 11 is 3.40. The van der Waals surface area contributed by atoms with Gasteiger partial charge in [0.15, 0.2) is 25.1 Å². The zero-order chi connectivity index (χ0) is 24.7. The molecule has 0 atom stereocenters. The van der Waals surface area contributed by atoms with Gasteiger partial charge >= 0.3 is 11.9 Å². The van der Waals surface area contributed by atoms with Crippen LogP contribution in [0.25, 0.3) is 0 Å². The third-order valence-electron chi connectivity index (χ3n) is 4.91. The number of carbonyl (C=O) groups excluding carboxylic acids is 2. The molecule has 10 heteroatoms. The van der Waals surface area contributed by atoms with Gasteiger partial charge < -0.3 is 33.5 Å². The third-order valence-corrected chi connectivity index (χ3v) is 5.63. The number of phenolic OH excluding ortho intramolecular Hbond substituents is 1. The standard InChI is InChI=1S/C23H27BrO9/c1-7-14-8-15(25)9-16(30-6)18(14)23(27)33-20-13(3)12(2)17(22(26)32-11-29-5)21(19(20)24)31-10-28-4/h8-9,25H,7,10-11H2,1-6H3. The van der Waals surface area contributed by atoms with E-state index in [1.54, 1.807) is 13.8 Å². The van der Waals surface area contributed by atoms with Crippen molar-refractivity contribution in [2.24, 2.45) is 0 Å². The lowest BCUT2D eigenvalue weighted by molar-refractivity contribution is -0.0133. The summed E-state index contributed by atoms with van der Waals surface area (Å²) in [5, 5.41) is 9.92. The predicted octanol–water partition coefficient (Wildman–Crippen LogP) is 4.31. The van der Waals surface area contributed by atoms with Crippen LogP contribution in [0.4, 0.5) is 0 Å². The van der Waals surface area contributed by atoms with E-state index in [9.17, 15) is 14.7 Å². The molecule has 0 amide bonds. The Balaban J connectivity index is 2.61. The Morgan fingerprint density at radius 2 is 1.61 bits per heavy atom. The van der Waals surface area contributed by atoms with E-state index in [0.29, 0.717) is 23.1 Å². The molecule has 0 aliphatic carbocycles. The summed E-state index contributed by atoms with van der Waals surface area (Å²) in [6.45, 7) is 4.82. The van der Waals surface area contributed by atoms with E-state index in [1.807, 2.05) is 6.92 Å². The Kier molecular flexibility index (Phi) is 9.51. The highest BCUT2D eigenvalue weighted by molar-refractivity contribution is 9.10. The van der Waals surface area contributed by atoms with Crippen molar-refractivity contribution in [3.05, 3.63) is 44.4 Å². The fourth-order valence-electron chi connectivity index (χ4n) is 3.18. The van der Waals surface area contributed by atoms with Crippen molar-refractivity contribution in [2.75, 3.05) is 34.9 Å². The van der Waals surface area contributed by atoms with E-state index in [0.717, 1.165) is 0 Å². The van der Waals surface area contributed by atoms with E-state index >= 15 is 0 Å². The quantitative estimate of drug-likeness (QED) is 0.275. The van der Waals surface area contributed by atoms with Crippen molar-refractivity contribution in [2.45, 2.75) is 27.2 Å². The van der Waals surface area contributed by atoms with E-state index in [-0.39, 0.29) is 52.2 Å². The number of carbonyl (C=O) groups is 2. The van der Waals surface area contributed by atoms with Crippen molar-refractivity contribution < 1.29 is 43.1 Å². The fraction of sp³-hybridized carbons (Fsp3) is 0.391. The van der Waals surface area contributed by atoms with Crippen LogP contribution in [0.5, 0.6) is 23.0 Å². The van der Waals surface area contributed by atoms with Crippen LogP contribution in [0.15, 0.2) is 16.6 Å². The average molecular weight is 527 g/mol. The van der Waals surface area contributed by atoms with Crippen LogP contribution < -0.4 is 14.2 Å². The van der Waals surface area contributed by atoms with Gasteiger partial charge in [-0.05, 0) is 59.0 Å². The van der Waals surface area contributed by atoms with Crippen LogP contribution in [0.1, 0.15) is 44.3 Å². The number of hydrogen-bond donors (Lipinski definition) is 1. The second-order valence-electron chi connectivity index (χ2n) is 6.91. The number of hydrogen-bond acceptors (Lipinski definition) is 9. The Morgan fingerprint density at radius 3 is 2.18 bits per heavy atom. The molecular formula is C23H27BrO9. The van der Waals surface area contributed by atoms with Crippen LogP contribution in [0.2, 0.25) is 0 Å². The number of halogens is 1. The molecule has 2 aromatic carbocycles. The lowest BCUT2D eigenvalue weighted by Crippen LogP contribution is -2.17. The van der Waals surface area contributed by atoms with Crippen LogP contribution in [0.3, 0.4) is 0 Å². The number of phenols is 1. The number of rotatable bonds is 10. The normalized spacial score (nSPS) is 10.6. The van der Waals surface area contributed by atoms with Gasteiger partial charge in [0, 0.05) is 20.3 Å². The molecule has 0 radical (unpaired) electrons. The third kappa shape index (κ3) is 5.76. The SMILES string of the molecule is CCc1cc(O)cc(OC)c1C(=O)Oc1c(C)c(C)c(C(=O)OCOC)c(OCOC)c1Br. The number of esters is 2. The number of methoxy groups -OCH3 is 3. The van der Waals surface area contributed by atoms with E-state index in [1.165, 1.54) is 33.5 Å². The number of aryl methyl sites for hydroxylation is 1. The summed E-state index contributed by atoms with van der Waals surface area (Å²) in [6.07, 6.45) is 0.459. The van der Waals surface area contributed by atoms with Gasteiger partial charge in [0.25, 0.3) is 0 Å². The monoisotopic (exact) mass is 526 g/mol. The topological polar surface area (TPSA) is 110 Å². The molecule has 0 fully saturated rings. The maximum atomic E-state index is 13.2. The summed E-state index contributed by atoms with van der Waals surface area (Å²) in [4.78, 5) is 25.9. The number of ether oxygens (including phenoxy) is 6. The first-order chi connectivity index (χ1) is 15.7. The highest BCUT2D eigenvalue weighted by Crippen LogP contribution is 2.44. The molecule has 0 aliphatic rings. The largest absolute Gasteiger partial charge is 0.508 e. The smallest absolute Gasteiger partial charge is 0.347 e. The molecule has 2 rings (SSSR count). The van der Waals surface area contributed by atoms with E-state index in [2.05, 4.69) is 15.9 Å². The zero-order valence-electron chi connectivity index (χ0n) is 19.4. The molecule has 0 saturated heterocycles. The second-order valence-corrected chi connectivity index (χ2v) is 7.70. The van der Waals surface area contributed by atoms with Gasteiger partial charge in [-0.3, -0.25) is 0 Å². The van der Waals surface area contributed by atoms with Gasteiger partial charge in [0.1, 0.15) is 27.1 Å². The van der Waals surface area contributed by atoms with Crippen LogP contribution in [-0.2, 0) is 20.6 Å². The van der Waals surface area contributed by atoms with Crippen LogP contribution in [0, 0.1) is 13.8 Å². The Hall–Kier alpha value is -2.82. The van der Waals surface area contributed by atoms with E-state index < -0.39 is 11.9 Å². The molecule has 0 aromatic heterocycles. The van der Waals surface area contributed by atoms with Gasteiger partial charge in [-0.15, -0.1) is 0 Å². The molecule has 0 aliphatic heterocycles. The van der Waals surface area contributed by atoms with Crippen molar-refractivity contribution >= 4 is 27.9 Å². The maximum Gasteiger partial charge on any atom is 0.347 e. The first-order valence-electron chi connectivity index (χ1n) is 9.94. The van der Waals surface area contributed by atoms with Gasteiger partial charge in [0.2, 0.25) is 0 Å². The van der Waals surface area contributed by atoms with E-state index in [4.69, 9.17) is 28.4 Å². The highest BCUT2D eigenvalue weighted by Gasteiger charge is 2.29. The number of benzene rings is 2. The summed E-state index contributed by atoms with van der Waals surface area (Å²) in [5.74, 6) is -0.961. The molecular weight excluding hydrogens is 500 g/mol. The lowest BCUT2D eigenvalue weighted by atomic mass is 10.0. The van der Waals surface area contributed by atoms with Crippen LogP contribution >= 0.6 is 15.9 Å². The molecule has 33 heavy (non-hydrogen) atoms. The predicted molar refractivity (Wildman–Crippen MR) is 122 cm³/mol. The van der Waals surface area contributed by atoms with Crippen molar-refractivity contribution in [3.8, 4) is 23.0 Å². The van der Waals surface area contributed by atoms with Gasteiger partial charge in [-0.25, -0.2) is 9.59 Å². The zero-order valence-corrected chi connectivity index (χ0v) is 21.0. The fourth-order valence-corrected chi connectivity index (χ4v) is 3.87. The van der Waals surface area contributed by atoms with Crippen molar-refractivity contribution in [1.29, 1.82) is 0 Å². The Labute approximate surface area is 200 Å². The van der Waals surface area contributed by atoms with Gasteiger partial charge in [-0.2, -0.15) is 0 Å². The first-order valence-corrected chi connectivity index (χ1v) is 10.7. The molecule has 180 valence electrons. The molecule has 0 bridgehead atoms. The summed E-state index contributed by atoms with van der Waals surface area (Å²) < 4.78 is 31.8. The maximum absolute atomic E-state index is 13.2. The average Bonchev–Trinajstić information content (AvgIpc) is 2.80. The molecule has 0 heterocycles. The Bertz CT molecular complexity index is 1010. The molecule has 2 aromatic rings. The lowest BCUT2D eigenvalue weighted by Gasteiger charge is -2.21. The van der Waals surface area contributed by atoms with Gasteiger partial charge in [0.05, 0.1) is 7.11 Å². The second kappa shape index (κ2) is 11.9. The molecule has 1 N–H and O–H groups in total. The molecule has 0 saturated carbocycles.